The summed E-state index contributed by atoms with van der Waals surface area (Å²) in [6.45, 7) is 16.4. The van der Waals surface area contributed by atoms with Crippen LogP contribution in [0, 0.1) is 0 Å². The van der Waals surface area contributed by atoms with E-state index in [2.05, 4.69) is 44.6 Å². The van der Waals surface area contributed by atoms with E-state index in [0.29, 0.717) is 5.70 Å². The van der Waals surface area contributed by atoms with E-state index in [1.54, 1.807) is 12.3 Å². The highest BCUT2D eigenvalue weighted by atomic mass is 16.5. The van der Waals surface area contributed by atoms with Gasteiger partial charge in [0.2, 0.25) is 0 Å². The molecule has 2 rings (SSSR count). The number of rotatable bonds is 7. The molecule has 156 valence electrons. The fourth-order valence-corrected chi connectivity index (χ4v) is 3.18. The maximum absolute atomic E-state index is 5.96. The van der Waals surface area contributed by atoms with Gasteiger partial charge in [0, 0.05) is 16.8 Å². The molecule has 1 aromatic carbocycles. The molecule has 3 heteroatoms. The highest BCUT2D eigenvalue weighted by molar-refractivity contribution is 5.84. The number of nitrogens with two attached hydrogens (primary N) is 1. The van der Waals surface area contributed by atoms with Crippen molar-refractivity contribution in [2.45, 2.75) is 60.8 Å². The van der Waals surface area contributed by atoms with Gasteiger partial charge in [0.25, 0.3) is 0 Å². The smallest absolute Gasteiger partial charge is 0.132 e. The lowest BCUT2D eigenvalue weighted by Crippen LogP contribution is -2.00. The van der Waals surface area contributed by atoms with Gasteiger partial charge in [0.05, 0.1) is 0 Å². The molecule has 0 saturated carbocycles. The van der Waals surface area contributed by atoms with Crippen LogP contribution in [0.25, 0.3) is 16.8 Å². The topological polar surface area (TPSA) is 52.0 Å². The molecule has 0 spiro atoms. The molecule has 2 aromatic rings. The minimum atomic E-state index is 0.687. The molecule has 1 heterocycles. The lowest BCUT2D eigenvalue weighted by molar-refractivity contribution is 0.422. The number of aryl methyl sites for hydroxylation is 2. The Bertz CT molecular complexity index is 853. The van der Waals surface area contributed by atoms with Gasteiger partial charge in [-0.1, -0.05) is 56.8 Å². The van der Waals surface area contributed by atoms with E-state index in [4.69, 9.17) is 10.3 Å². The molecule has 0 saturated heterocycles. The summed E-state index contributed by atoms with van der Waals surface area (Å²) in [6, 6.07) is 4.47. The molecule has 0 aliphatic heterocycles. The maximum Gasteiger partial charge on any atom is 0.132 e. The van der Waals surface area contributed by atoms with Crippen LogP contribution in [0.5, 0.6) is 0 Å². The lowest BCUT2D eigenvalue weighted by Gasteiger charge is -2.14. The van der Waals surface area contributed by atoms with Crippen LogP contribution in [0.4, 0.5) is 0 Å². The van der Waals surface area contributed by atoms with Gasteiger partial charge in [-0.25, -0.2) is 0 Å². The van der Waals surface area contributed by atoms with Crippen LogP contribution in [0.15, 0.2) is 65.6 Å². The van der Waals surface area contributed by atoms with E-state index in [-0.39, 0.29) is 0 Å². The van der Waals surface area contributed by atoms with Gasteiger partial charge >= 0.3 is 0 Å². The number of aromatic nitrogens is 1. The van der Waals surface area contributed by atoms with Crippen LogP contribution < -0.4 is 5.73 Å². The number of hydrogen-bond acceptors (Lipinski definition) is 3. The Kier molecular flexibility index (Phi) is 10.5. The minimum absolute atomic E-state index is 0.687. The second kappa shape index (κ2) is 12.6. The summed E-state index contributed by atoms with van der Waals surface area (Å²) < 4.78 is 5.30. The molecule has 0 amide bonds. The Balaban J connectivity index is 0.000000960. The van der Waals surface area contributed by atoms with Crippen molar-refractivity contribution >= 4 is 5.57 Å². The van der Waals surface area contributed by atoms with Crippen molar-refractivity contribution in [2.24, 2.45) is 5.73 Å². The van der Waals surface area contributed by atoms with Crippen molar-refractivity contribution in [3.8, 4) is 11.3 Å². The Labute approximate surface area is 176 Å². The van der Waals surface area contributed by atoms with Crippen molar-refractivity contribution in [3.63, 3.8) is 0 Å². The summed E-state index contributed by atoms with van der Waals surface area (Å²) in [5.41, 5.74) is 14.6. The van der Waals surface area contributed by atoms with E-state index in [0.717, 1.165) is 41.7 Å². The molecule has 1 aromatic heterocycles. The normalized spacial score (nSPS) is 12.1. The molecule has 0 unspecified atom stereocenters. The molecule has 29 heavy (non-hydrogen) atoms. The van der Waals surface area contributed by atoms with Crippen molar-refractivity contribution in [1.29, 1.82) is 0 Å². The van der Waals surface area contributed by atoms with Crippen LogP contribution in [0.3, 0.4) is 0 Å². The SMILES string of the molecule is C/C=C\C.C=C/C(=C\C(N)=C/C)c1conc1-c1cc(CC)c(CC)c(CC)c1. The number of hydrogen-bond donors (Lipinski definition) is 1. The summed E-state index contributed by atoms with van der Waals surface area (Å²) in [5.74, 6) is 0. The standard InChI is InChI=1S/C22H28N2O.C4H8/c1-6-15-11-18(12-16(7-2)20(15)10-5)22-21(14-25-24-22)17(8-3)13-19(23)9-4;1-3-4-2/h8-9,11-14H,3,6-7,10,23H2,1-2,4-5H3;3-4H,1-2H3/b17-13+,19-9+;4-3-. The molecule has 0 radical (unpaired) electrons. The van der Waals surface area contributed by atoms with Crippen molar-refractivity contribution < 1.29 is 4.52 Å². The minimum Gasteiger partial charge on any atom is -0.399 e. The van der Waals surface area contributed by atoms with E-state index in [1.165, 1.54) is 16.7 Å². The van der Waals surface area contributed by atoms with Gasteiger partial charge in [-0.2, -0.15) is 0 Å². The molecule has 0 aliphatic rings. The molecular formula is C26H36N2O. The third kappa shape index (κ3) is 6.35. The zero-order chi connectivity index (χ0) is 21.8. The average molecular weight is 393 g/mol. The van der Waals surface area contributed by atoms with Crippen molar-refractivity contribution in [3.05, 3.63) is 83.3 Å². The third-order valence-electron chi connectivity index (χ3n) is 4.91. The summed E-state index contributed by atoms with van der Waals surface area (Å²) >= 11 is 0. The Morgan fingerprint density at radius 3 is 2.03 bits per heavy atom. The quantitative estimate of drug-likeness (QED) is 0.406. The summed E-state index contributed by atoms with van der Waals surface area (Å²) in [6.07, 6.45) is 14.3. The first-order valence-electron chi connectivity index (χ1n) is 10.4. The Morgan fingerprint density at radius 1 is 1.03 bits per heavy atom. The van der Waals surface area contributed by atoms with Gasteiger partial charge in [0.1, 0.15) is 12.0 Å². The van der Waals surface area contributed by atoms with Gasteiger partial charge < -0.3 is 10.3 Å². The maximum atomic E-state index is 5.96. The van der Waals surface area contributed by atoms with Crippen LogP contribution in [-0.2, 0) is 19.3 Å². The van der Waals surface area contributed by atoms with Gasteiger partial charge in [-0.05, 0) is 80.5 Å². The van der Waals surface area contributed by atoms with Crippen molar-refractivity contribution in [1.82, 2.24) is 5.16 Å². The monoisotopic (exact) mass is 392 g/mol. The van der Waals surface area contributed by atoms with Gasteiger partial charge in [-0.3, -0.25) is 0 Å². The van der Waals surface area contributed by atoms with Gasteiger partial charge in [-0.15, -0.1) is 0 Å². The van der Waals surface area contributed by atoms with E-state index < -0.39 is 0 Å². The predicted octanol–water partition coefficient (Wildman–Crippen LogP) is 7.04. The lowest BCUT2D eigenvalue weighted by atomic mass is 9.90. The first kappa shape index (κ1) is 24.2. The highest BCUT2D eigenvalue weighted by Crippen LogP contribution is 2.32. The largest absolute Gasteiger partial charge is 0.399 e. The van der Waals surface area contributed by atoms with Crippen LogP contribution in [0.1, 0.15) is 63.8 Å². The molecule has 0 aliphatic carbocycles. The fourth-order valence-electron chi connectivity index (χ4n) is 3.18. The van der Waals surface area contributed by atoms with Crippen molar-refractivity contribution in [2.75, 3.05) is 0 Å². The second-order valence-corrected chi connectivity index (χ2v) is 6.67. The highest BCUT2D eigenvalue weighted by Gasteiger charge is 2.16. The Morgan fingerprint density at radius 2 is 1.62 bits per heavy atom. The predicted molar refractivity (Wildman–Crippen MR) is 127 cm³/mol. The van der Waals surface area contributed by atoms with Gasteiger partial charge in [0.15, 0.2) is 0 Å². The van der Waals surface area contributed by atoms with Crippen LogP contribution in [-0.4, -0.2) is 5.16 Å². The summed E-state index contributed by atoms with van der Waals surface area (Å²) in [5, 5.41) is 4.27. The average Bonchev–Trinajstić information content (AvgIpc) is 3.25. The first-order valence-corrected chi connectivity index (χ1v) is 10.4. The summed E-state index contributed by atoms with van der Waals surface area (Å²) in [4.78, 5) is 0. The van der Waals surface area contributed by atoms with E-state index >= 15 is 0 Å². The zero-order valence-electron chi connectivity index (χ0n) is 18.9. The zero-order valence-corrected chi connectivity index (χ0v) is 18.9. The molecule has 0 fully saturated rings. The third-order valence-corrected chi connectivity index (χ3v) is 4.91. The number of nitrogens with zero attached hydrogens (tertiary/aromatic N) is 1. The number of benzene rings is 1. The van der Waals surface area contributed by atoms with Crippen LogP contribution in [0.2, 0.25) is 0 Å². The van der Waals surface area contributed by atoms with E-state index in [9.17, 15) is 0 Å². The fraction of sp³-hybridized carbons (Fsp3) is 0.346. The number of allylic oxidation sites excluding steroid dienone is 6. The molecule has 0 bridgehead atoms. The molecule has 3 nitrogen and oxygen atoms in total. The second-order valence-electron chi connectivity index (χ2n) is 6.67. The summed E-state index contributed by atoms with van der Waals surface area (Å²) in [7, 11) is 0. The molecule has 0 atom stereocenters. The molecular weight excluding hydrogens is 356 g/mol. The van der Waals surface area contributed by atoms with Crippen LogP contribution >= 0.6 is 0 Å². The Hall–Kier alpha value is -2.81. The van der Waals surface area contributed by atoms with E-state index in [1.807, 2.05) is 45.1 Å². The molecule has 2 N–H and O–H groups in total. The first-order chi connectivity index (χ1) is 14.0.